The van der Waals surface area contributed by atoms with E-state index in [4.69, 9.17) is 11.6 Å². The fourth-order valence-corrected chi connectivity index (χ4v) is 2.31. The van der Waals surface area contributed by atoms with Crippen LogP contribution >= 0.6 is 11.6 Å². The van der Waals surface area contributed by atoms with E-state index in [9.17, 15) is 0 Å². The molecule has 0 aliphatic heterocycles. The summed E-state index contributed by atoms with van der Waals surface area (Å²) in [4.78, 5) is 0. The lowest BCUT2D eigenvalue weighted by Gasteiger charge is -2.09. The molecule has 0 fully saturated rings. The molecule has 96 valence electrons. The van der Waals surface area contributed by atoms with Crippen molar-refractivity contribution in [3.63, 3.8) is 0 Å². The third kappa shape index (κ3) is 2.44. The van der Waals surface area contributed by atoms with Crippen LogP contribution in [0.3, 0.4) is 0 Å². The van der Waals surface area contributed by atoms with Gasteiger partial charge < -0.3 is 0 Å². The maximum absolute atomic E-state index is 6.35. The molecule has 0 bridgehead atoms. The van der Waals surface area contributed by atoms with E-state index in [1.165, 1.54) is 11.1 Å². The van der Waals surface area contributed by atoms with E-state index in [-0.39, 0.29) is 0 Å². The van der Waals surface area contributed by atoms with Crippen LogP contribution in [0.4, 0.5) is 0 Å². The second-order valence-corrected chi connectivity index (χ2v) is 5.31. The second-order valence-electron chi connectivity index (χ2n) is 4.90. The van der Waals surface area contributed by atoms with Gasteiger partial charge in [0.25, 0.3) is 0 Å². The number of rotatable bonds is 3. The predicted molar refractivity (Wildman–Crippen MR) is 76.8 cm³/mol. The second kappa shape index (κ2) is 5.15. The van der Waals surface area contributed by atoms with Gasteiger partial charge in [-0.1, -0.05) is 38.4 Å². The van der Waals surface area contributed by atoms with Gasteiger partial charge in [0.2, 0.25) is 0 Å². The maximum atomic E-state index is 6.35. The molecule has 0 aliphatic rings. The number of aromatic nitrogens is 2. The minimum absolute atomic E-state index is 0.488. The molecule has 0 N–H and O–H groups in total. The number of hydrogen-bond donors (Lipinski definition) is 0. The first-order chi connectivity index (χ1) is 8.52. The van der Waals surface area contributed by atoms with Crippen molar-refractivity contribution in [3.05, 3.63) is 46.2 Å². The van der Waals surface area contributed by atoms with Crippen LogP contribution < -0.4 is 0 Å². The average Bonchev–Trinajstić information content (AvgIpc) is 2.70. The Bertz CT molecular complexity index is 556. The summed E-state index contributed by atoms with van der Waals surface area (Å²) in [6.07, 6.45) is 3.05. The standard InChI is InChI=1S/C15H19ClN2/c1-5-12-9-18(17-11(12)4)15-7-6-13(10(2)3)8-14(15)16/h6-10H,5H2,1-4H3. The Hall–Kier alpha value is -1.28. The van der Waals surface area contributed by atoms with Gasteiger partial charge in [-0.05, 0) is 42.5 Å². The van der Waals surface area contributed by atoms with Crippen molar-refractivity contribution in [1.82, 2.24) is 9.78 Å². The van der Waals surface area contributed by atoms with Crippen LogP contribution in [0.1, 0.15) is 43.5 Å². The van der Waals surface area contributed by atoms with Crippen molar-refractivity contribution < 1.29 is 0 Å². The van der Waals surface area contributed by atoms with E-state index in [0.717, 1.165) is 22.8 Å². The Kier molecular flexibility index (Phi) is 3.76. The number of aryl methyl sites for hydroxylation is 2. The zero-order valence-electron chi connectivity index (χ0n) is 11.4. The van der Waals surface area contributed by atoms with E-state index in [2.05, 4.69) is 38.1 Å². The smallest absolute Gasteiger partial charge is 0.0832 e. The maximum Gasteiger partial charge on any atom is 0.0832 e. The van der Waals surface area contributed by atoms with Crippen molar-refractivity contribution >= 4 is 11.6 Å². The van der Waals surface area contributed by atoms with Gasteiger partial charge >= 0.3 is 0 Å². The van der Waals surface area contributed by atoms with Gasteiger partial charge in [-0.15, -0.1) is 0 Å². The molecule has 1 heterocycles. The number of benzene rings is 1. The van der Waals surface area contributed by atoms with E-state index >= 15 is 0 Å². The summed E-state index contributed by atoms with van der Waals surface area (Å²) in [5.74, 6) is 0.488. The molecule has 3 heteroatoms. The van der Waals surface area contributed by atoms with Crippen LogP contribution in [0, 0.1) is 6.92 Å². The van der Waals surface area contributed by atoms with Gasteiger partial charge in [0, 0.05) is 6.20 Å². The first-order valence-electron chi connectivity index (χ1n) is 6.38. The van der Waals surface area contributed by atoms with Crippen LogP contribution in [0.15, 0.2) is 24.4 Å². The highest BCUT2D eigenvalue weighted by Gasteiger charge is 2.09. The van der Waals surface area contributed by atoms with Crippen molar-refractivity contribution in [2.75, 3.05) is 0 Å². The molecule has 0 radical (unpaired) electrons. The van der Waals surface area contributed by atoms with Gasteiger partial charge in [0.15, 0.2) is 0 Å². The zero-order valence-corrected chi connectivity index (χ0v) is 12.1. The van der Waals surface area contributed by atoms with Crippen molar-refractivity contribution in [2.24, 2.45) is 0 Å². The van der Waals surface area contributed by atoms with E-state index in [1.54, 1.807) is 0 Å². The van der Waals surface area contributed by atoms with Gasteiger partial charge in [-0.3, -0.25) is 0 Å². The highest BCUT2D eigenvalue weighted by molar-refractivity contribution is 6.32. The zero-order chi connectivity index (χ0) is 13.3. The molecule has 0 unspecified atom stereocenters. The molecular weight excluding hydrogens is 244 g/mol. The summed E-state index contributed by atoms with van der Waals surface area (Å²) in [7, 11) is 0. The fourth-order valence-electron chi connectivity index (χ4n) is 2.03. The fraction of sp³-hybridized carbons (Fsp3) is 0.400. The first kappa shape index (κ1) is 13.2. The Morgan fingerprint density at radius 2 is 2.06 bits per heavy atom. The molecule has 2 nitrogen and oxygen atoms in total. The van der Waals surface area contributed by atoms with E-state index in [1.807, 2.05) is 23.7 Å². The van der Waals surface area contributed by atoms with Crippen LogP contribution in [0.2, 0.25) is 5.02 Å². The van der Waals surface area contributed by atoms with Crippen LogP contribution in [-0.2, 0) is 6.42 Å². The lowest BCUT2D eigenvalue weighted by molar-refractivity contribution is 0.847. The summed E-state index contributed by atoms with van der Waals surface area (Å²) in [5, 5.41) is 5.28. The molecule has 1 aromatic heterocycles. The van der Waals surface area contributed by atoms with Crippen molar-refractivity contribution in [2.45, 2.75) is 40.0 Å². The third-order valence-corrected chi connectivity index (χ3v) is 3.57. The Morgan fingerprint density at radius 1 is 1.33 bits per heavy atom. The summed E-state index contributed by atoms with van der Waals surface area (Å²) in [6, 6.07) is 6.20. The summed E-state index contributed by atoms with van der Waals surface area (Å²) >= 11 is 6.35. The summed E-state index contributed by atoms with van der Waals surface area (Å²) in [6.45, 7) is 8.50. The molecule has 18 heavy (non-hydrogen) atoms. The molecule has 1 aromatic carbocycles. The summed E-state index contributed by atoms with van der Waals surface area (Å²) < 4.78 is 1.88. The number of nitrogens with zero attached hydrogens (tertiary/aromatic N) is 2. The lowest BCUT2D eigenvalue weighted by Crippen LogP contribution is -1.97. The minimum atomic E-state index is 0.488. The molecule has 0 saturated carbocycles. The number of hydrogen-bond acceptors (Lipinski definition) is 1. The monoisotopic (exact) mass is 262 g/mol. The Labute approximate surface area is 114 Å². The van der Waals surface area contributed by atoms with E-state index < -0.39 is 0 Å². The van der Waals surface area contributed by atoms with Gasteiger partial charge in [-0.2, -0.15) is 5.10 Å². The normalized spacial score (nSPS) is 11.2. The summed E-state index contributed by atoms with van der Waals surface area (Å²) in [5.41, 5.74) is 4.53. The molecule has 0 saturated heterocycles. The van der Waals surface area contributed by atoms with Crippen molar-refractivity contribution in [1.29, 1.82) is 0 Å². The Morgan fingerprint density at radius 3 is 2.56 bits per heavy atom. The first-order valence-corrected chi connectivity index (χ1v) is 6.75. The van der Waals surface area contributed by atoms with Crippen LogP contribution in [0.5, 0.6) is 0 Å². The van der Waals surface area contributed by atoms with Crippen LogP contribution in [0.25, 0.3) is 5.69 Å². The SMILES string of the molecule is CCc1cn(-c2ccc(C(C)C)cc2Cl)nc1C. The molecule has 0 aliphatic carbocycles. The molecular formula is C15H19ClN2. The van der Waals surface area contributed by atoms with Gasteiger partial charge in [-0.25, -0.2) is 4.68 Å². The third-order valence-electron chi connectivity index (χ3n) is 3.27. The largest absolute Gasteiger partial charge is 0.239 e. The lowest BCUT2D eigenvalue weighted by atomic mass is 10.0. The molecule has 0 amide bonds. The van der Waals surface area contributed by atoms with E-state index in [0.29, 0.717) is 5.92 Å². The topological polar surface area (TPSA) is 17.8 Å². The van der Waals surface area contributed by atoms with Gasteiger partial charge in [0.05, 0.1) is 16.4 Å². The highest BCUT2D eigenvalue weighted by atomic mass is 35.5. The average molecular weight is 263 g/mol. The number of halogens is 1. The quantitative estimate of drug-likeness (QED) is 0.795. The van der Waals surface area contributed by atoms with Crippen molar-refractivity contribution in [3.8, 4) is 5.69 Å². The van der Waals surface area contributed by atoms with Crippen LogP contribution in [-0.4, -0.2) is 9.78 Å². The highest BCUT2D eigenvalue weighted by Crippen LogP contribution is 2.26. The molecule has 0 spiro atoms. The van der Waals surface area contributed by atoms with Gasteiger partial charge in [0.1, 0.15) is 0 Å². The Balaban J connectivity index is 2.44. The minimum Gasteiger partial charge on any atom is -0.239 e. The molecule has 2 rings (SSSR count). The molecule has 2 aromatic rings. The molecule has 0 atom stereocenters. The predicted octanol–water partition coefficient (Wildman–Crippen LogP) is 4.52.